The van der Waals surface area contributed by atoms with Gasteiger partial charge in [0.2, 0.25) is 0 Å². The number of nitrogens with zero attached hydrogens (tertiary/aromatic N) is 1. The summed E-state index contributed by atoms with van der Waals surface area (Å²) in [5.41, 5.74) is 1.29. The van der Waals surface area contributed by atoms with Crippen LogP contribution < -0.4 is 0 Å². The molecular formula is C9H13NO. The molecule has 0 unspecified atom stereocenters. The summed E-state index contributed by atoms with van der Waals surface area (Å²) < 4.78 is 5.22. The summed E-state index contributed by atoms with van der Waals surface area (Å²) in [6.45, 7) is 3.61. The first-order valence-corrected chi connectivity index (χ1v) is 3.90. The third kappa shape index (κ3) is 3.14. The first-order chi connectivity index (χ1) is 5.43. The highest BCUT2D eigenvalue weighted by Crippen LogP contribution is 1.96. The molecule has 1 aromatic heterocycles. The third-order valence-electron chi connectivity index (χ3n) is 1.49. The van der Waals surface area contributed by atoms with Gasteiger partial charge in [-0.25, -0.2) is 0 Å². The number of hydrogen-bond donors (Lipinski definition) is 0. The van der Waals surface area contributed by atoms with Gasteiger partial charge in [0.05, 0.1) is 6.61 Å². The maximum absolute atomic E-state index is 5.22. The molecule has 0 amide bonds. The zero-order chi connectivity index (χ0) is 7.94. The molecule has 0 radical (unpaired) electrons. The van der Waals surface area contributed by atoms with Crippen molar-refractivity contribution in [3.63, 3.8) is 0 Å². The predicted octanol–water partition coefficient (Wildman–Crippen LogP) is 1.66. The molecule has 2 heteroatoms. The van der Waals surface area contributed by atoms with Gasteiger partial charge in [0.15, 0.2) is 0 Å². The van der Waals surface area contributed by atoms with Crippen molar-refractivity contribution in [1.82, 2.24) is 4.98 Å². The SMILES string of the molecule is CCOCCc1ccncc1. The largest absolute Gasteiger partial charge is 0.381 e. The van der Waals surface area contributed by atoms with Gasteiger partial charge in [0.1, 0.15) is 0 Å². The van der Waals surface area contributed by atoms with E-state index in [2.05, 4.69) is 4.98 Å². The van der Waals surface area contributed by atoms with Crippen LogP contribution in [0.3, 0.4) is 0 Å². The molecule has 0 spiro atoms. The lowest BCUT2D eigenvalue weighted by atomic mass is 10.2. The smallest absolute Gasteiger partial charge is 0.0506 e. The Bertz CT molecular complexity index is 186. The van der Waals surface area contributed by atoms with E-state index >= 15 is 0 Å². The Morgan fingerprint density at radius 2 is 2.09 bits per heavy atom. The highest BCUT2D eigenvalue weighted by atomic mass is 16.5. The summed E-state index contributed by atoms with van der Waals surface area (Å²) in [5.74, 6) is 0. The normalized spacial score (nSPS) is 9.91. The van der Waals surface area contributed by atoms with Crippen LogP contribution in [0.2, 0.25) is 0 Å². The highest BCUT2D eigenvalue weighted by Gasteiger charge is 1.89. The zero-order valence-corrected chi connectivity index (χ0v) is 6.79. The van der Waals surface area contributed by atoms with Crippen molar-refractivity contribution < 1.29 is 4.74 Å². The molecule has 0 atom stereocenters. The number of ether oxygens (including phenoxy) is 1. The van der Waals surface area contributed by atoms with Gasteiger partial charge in [0.25, 0.3) is 0 Å². The molecular weight excluding hydrogens is 138 g/mol. The summed E-state index contributed by atoms with van der Waals surface area (Å²) >= 11 is 0. The first kappa shape index (κ1) is 8.21. The van der Waals surface area contributed by atoms with E-state index in [1.165, 1.54) is 5.56 Å². The van der Waals surface area contributed by atoms with Crippen molar-refractivity contribution in [1.29, 1.82) is 0 Å². The fraction of sp³-hybridized carbons (Fsp3) is 0.444. The van der Waals surface area contributed by atoms with E-state index in [4.69, 9.17) is 4.74 Å². The van der Waals surface area contributed by atoms with Crippen molar-refractivity contribution in [2.45, 2.75) is 13.3 Å². The minimum absolute atomic E-state index is 0.797. The van der Waals surface area contributed by atoms with Gasteiger partial charge in [-0.3, -0.25) is 4.98 Å². The van der Waals surface area contributed by atoms with E-state index in [0.717, 1.165) is 19.6 Å². The van der Waals surface area contributed by atoms with Gasteiger partial charge in [-0.15, -0.1) is 0 Å². The van der Waals surface area contributed by atoms with Gasteiger partial charge in [-0.05, 0) is 31.0 Å². The van der Waals surface area contributed by atoms with Crippen LogP contribution in [-0.4, -0.2) is 18.2 Å². The summed E-state index contributed by atoms with van der Waals surface area (Å²) in [6.07, 6.45) is 4.60. The van der Waals surface area contributed by atoms with Crippen molar-refractivity contribution in [2.75, 3.05) is 13.2 Å². The third-order valence-corrected chi connectivity index (χ3v) is 1.49. The molecule has 0 bridgehead atoms. The first-order valence-electron chi connectivity index (χ1n) is 3.90. The Kier molecular flexibility index (Phi) is 3.62. The van der Waals surface area contributed by atoms with Crippen LogP contribution in [0.15, 0.2) is 24.5 Å². The molecule has 11 heavy (non-hydrogen) atoms. The molecule has 60 valence electrons. The van der Waals surface area contributed by atoms with Gasteiger partial charge < -0.3 is 4.74 Å². The molecule has 0 saturated heterocycles. The molecule has 0 N–H and O–H groups in total. The second kappa shape index (κ2) is 4.85. The maximum Gasteiger partial charge on any atom is 0.0506 e. The Labute approximate surface area is 67.2 Å². The fourth-order valence-corrected chi connectivity index (χ4v) is 0.884. The van der Waals surface area contributed by atoms with Crippen LogP contribution in [0.1, 0.15) is 12.5 Å². The Morgan fingerprint density at radius 3 is 2.73 bits per heavy atom. The standard InChI is InChI=1S/C9H13NO/c1-2-11-8-5-9-3-6-10-7-4-9/h3-4,6-7H,2,5,8H2,1H3. The number of pyridine rings is 1. The minimum atomic E-state index is 0.797. The van der Waals surface area contributed by atoms with Gasteiger partial charge in [0, 0.05) is 19.0 Å². The molecule has 0 aromatic carbocycles. The molecule has 2 nitrogen and oxygen atoms in total. The van der Waals surface area contributed by atoms with E-state index in [-0.39, 0.29) is 0 Å². The topological polar surface area (TPSA) is 22.1 Å². The molecule has 1 rings (SSSR count). The van der Waals surface area contributed by atoms with Crippen molar-refractivity contribution in [3.8, 4) is 0 Å². The monoisotopic (exact) mass is 151 g/mol. The lowest BCUT2D eigenvalue weighted by Crippen LogP contribution is -1.97. The van der Waals surface area contributed by atoms with Crippen molar-refractivity contribution in [3.05, 3.63) is 30.1 Å². The Morgan fingerprint density at radius 1 is 1.36 bits per heavy atom. The maximum atomic E-state index is 5.22. The summed E-state index contributed by atoms with van der Waals surface area (Å²) in [5, 5.41) is 0. The number of hydrogen-bond acceptors (Lipinski definition) is 2. The number of rotatable bonds is 4. The summed E-state index contributed by atoms with van der Waals surface area (Å²) in [4.78, 5) is 3.93. The quantitative estimate of drug-likeness (QED) is 0.610. The molecule has 0 aliphatic carbocycles. The lowest BCUT2D eigenvalue weighted by molar-refractivity contribution is 0.151. The van der Waals surface area contributed by atoms with E-state index in [0.29, 0.717) is 0 Å². The van der Waals surface area contributed by atoms with E-state index in [1.54, 1.807) is 12.4 Å². The molecule has 0 aliphatic rings. The van der Waals surface area contributed by atoms with Gasteiger partial charge in [-0.2, -0.15) is 0 Å². The van der Waals surface area contributed by atoms with Crippen LogP contribution in [0.5, 0.6) is 0 Å². The zero-order valence-electron chi connectivity index (χ0n) is 6.79. The average Bonchev–Trinajstić information content (AvgIpc) is 2.07. The predicted molar refractivity (Wildman–Crippen MR) is 44.4 cm³/mol. The average molecular weight is 151 g/mol. The lowest BCUT2D eigenvalue weighted by Gasteiger charge is -1.99. The summed E-state index contributed by atoms with van der Waals surface area (Å²) in [7, 11) is 0. The Hall–Kier alpha value is -0.890. The number of aromatic nitrogens is 1. The molecule has 0 saturated carbocycles. The molecule has 0 aliphatic heterocycles. The minimum Gasteiger partial charge on any atom is -0.381 e. The van der Waals surface area contributed by atoms with Crippen molar-refractivity contribution in [2.24, 2.45) is 0 Å². The molecule has 1 aromatic rings. The summed E-state index contributed by atoms with van der Waals surface area (Å²) in [6, 6.07) is 4.03. The van der Waals surface area contributed by atoms with Crippen molar-refractivity contribution >= 4 is 0 Å². The Balaban J connectivity index is 2.28. The second-order valence-corrected chi connectivity index (χ2v) is 2.30. The molecule has 1 heterocycles. The van der Waals surface area contributed by atoms with Crippen LogP contribution in [0.25, 0.3) is 0 Å². The van der Waals surface area contributed by atoms with Crippen LogP contribution in [-0.2, 0) is 11.2 Å². The van der Waals surface area contributed by atoms with E-state index in [1.807, 2.05) is 19.1 Å². The van der Waals surface area contributed by atoms with Crippen LogP contribution in [0, 0.1) is 0 Å². The molecule has 0 fully saturated rings. The van der Waals surface area contributed by atoms with Crippen LogP contribution in [0.4, 0.5) is 0 Å². The van der Waals surface area contributed by atoms with Gasteiger partial charge >= 0.3 is 0 Å². The van der Waals surface area contributed by atoms with E-state index < -0.39 is 0 Å². The fourth-order valence-electron chi connectivity index (χ4n) is 0.884. The van der Waals surface area contributed by atoms with Crippen LogP contribution >= 0.6 is 0 Å². The van der Waals surface area contributed by atoms with E-state index in [9.17, 15) is 0 Å². The highest BCUT2D eigenvalue weighted by molar-refractivity contribution is 5.09. The second-order valence-electron chi connectivity index (χ2n) is 2.30. The van der Waals surface area contributed by atoms with Gasteiger partial charge in [-0.1, -0.05) is 0 Å².